The molecule has 0 aliphatic carbocycles. The molecule has 0 radical (unpaired) electrons. The summed E-state index contributed by atoms with van der Waals surface area (Å²) in [6.07, 6.45) is 0.361. The Kier molecular flexibility index (Phi) is 7.60. The van der Waals surface area contributed by atoms with E-state index in [1.54, 1.807) is 24.3 Å². The summed E-state index contributed by atoms with van der Waals surface area (Å²) in [5.41, 5.74) is 3.56. The highest BCUT2D eigenvalue weighted by atomic mass is 16.5. The Bertz CT molecular complexity index is 1110. The van der Waals surface area contributed by atoms with Gasteiger partial charge in [0.15, 0.2) is 0 Å². The number of carbonyl (C=O) groups excluding carboxylic acids is 2. The molecule has 2 amide bonds. The molecule has 0 aromatic heterocycles. The lowest BCUT2D eigenvalue weighted by Gasteiger charge is -2.13. The third-order valence-electron chi connectivity index (χ3n) is 4.81. The van der Waals surface area contributed by atoms with Crippen molar-refractivity contribution >= 4 is 23.2 Å². The van der Waals surface area contributed by atoms with Crippen molar-refractivity contribution in [3.8, 4) is 11.8 Å². The number of para-hydroxylation sites is 1. The predicted octanol–water partition coefficient (Wildman–Crippen LogP) is 5.18. The first-order valence-corrected chi connectivity index (χ1v) is 10.3. The number of anilines is 2. The van der Waals surface area contributed by atoms with Crippen LogP contribution in [0.25, 0.3) is 0 Å². The van der Waals surface area contributed by atoms with Gasteiger partial charge in [-0.15, -0.1) is 0 Å². The molecule has 2 N–H and O–H groups in total. The fraction of sp³-hybridized carbons (Fsp3) is 0.192. The molecule has 0 bridgehead atoms. The standard InChI is InChI=1S/C26H25N3O3/c1-18(2)25(30)28-22-11-9-20(10-12-22)26(31)29-24-6-4-3-5-21(24)17-32-23-13-7-19(8-14-23)15-16-27/h3-14,18H,15,17H2,1-2H3,(H,28,30)(H,29,31). The Morgan fingerprint density at radius 2 is 1.62 bits per heavy atom. The summed E-state index contributed by atoms with van der Waals surface area (Å²) in [7, 11) is 0. The second-order valence-corrected chi connectivity index (χ2v) is 7.60. The van der Waals surface area contributed by atoms with Gasteiger partial charge in [0.25, 0.3) is 5.91 Å². The van der Waals surface area contributed by atoms with E-state index in [0.29, 0.717) is 29.1 Å². The Labute approximate surface area is 187 Å². The Balaban J connectivity index is 1.63. The maximum Gasteiger partial charge on any atom is 0.255 e. The van der Waals surface area contributed by atoms with Gasteiger partial charge in [-0.2, -0.15) is 5.26 Å². The van der Waals surface area contributed by atoms with Crippen molar-refractivity contribution < 1.29 is 14.3 Å². The molecule has 0 saturated heterocycles. The molecule has 0 heterocycles. The highest BCUT2D eigenvalue weighted by molar-refractivity contribution is 6.05. The van der Waals surface area contributed by atoms with E-state index in [4.69, 9.17) is 10.00 Å². The molecule has 3 aromatic carbocycles. The Morgan fingerprint density at radius 3 is 2.28 bits per heavy atom. The lowest BCUT2D eigenvalue weighted by molar-refractivity contribution is -0.118. The molecule has 6 heteroatoms. The van der Waals surface area contributed by atoms with Crippen molar-refractivity contribution in [2.24, 2.45) is 5.92 Å². The molecule has 0 fully saturated rings. The van der Waals surface area contributed by atoms with Crippen LogP contribution >= 0.6 is 0 Å². The van der Waals surface area contributed by atoms with E-state index in [2.05, 4.69) is 16.7 Å². The van der Waals surface area contributed by atoms with E-state index >= 15 is 0 Å². The number of nitrogens with one attached hydrogen (secondary N) is 2. The number of ether oxygens (including phenoxy) is 1. The van der Waals surface area contributed by atoms with Crippen LogP contribution in [0.4, 0.5) is 11.4 Å². The van der Waals surface area contributed by atoms with E-state index < -0.39 is 0 Å². The monoisotopic (exact) mass is 427 g/mol. The van der Waals surface area contributed by atoms with Gasteiger partial charge in [0.2, 0.25) is 5.91 Å². The van der Waals surface area contributed by atoms with Gasteiger partial charge in [-0.1, -0.05) is 44.2 Å². The number of nitrogens with zero attached hydrogens (tertiary/aromatic N) is 1. The van der Waals surface area contributed by atoms with Gasteiger partial charge in [-0.25, -0.2) is 0 Å². The third kappa shape index (κ3) is 6.19. The van der Waals surface area contributed by atoms with Crippen LogP contribution in [0.15, 0.2) is 72.8 Å². The summed E-state index contributed by atoms with van der Waals surface area (Å²) in [4.78, 5) is 24.5. The minimum atomic E-state index is -0.250. The molecule has 0 spiro atoms. The van der Waals surface area contributed by atoms with Crippen LogP contribution in [0.3, 0.4) is 0 Å². The quantitative estimate of drug-likeness (QED) is 0.518. The van der Waals surface area contributed by atoms with Gasteiger partial charge >= 0.3 is 0 Å². The number of nitriles is 1. The van der Waals surface area contributed by atoms with Crippen molar-refractivity contribution in [3.63, 3.8) is 0 Å². The van der Waals surface area contributed by atoms with E-state index in [-0.39, 0.29) is 24.3 Å². The maximum atomic E-state index is 12.7. The minimum Gasteiger partial charge on any atom is -0.489 e. The van der Waals surface area contributed by atoms with E-state index in [1.807, 2.05) is 62.4 Å². The lowest BCUT2D eigenvalue weighted by atomic mass is 10.1. The smallest absolute Gasteiger partial charge is 0.255 e. The van der Waals surface area contributed by atoms with Crippen molar-refractivity contribution in [2.75, 3.05) is 10.6 Å². The average Bonchev–Trinajstić information content (AvgIpc) is 2.80. The molecule has 3 rings (SSSR count). The fourth-order valence-electron chi connectivity index (χ4n) is 2.91. The van der Waals surface area contributed by atoms with Gasteiger partial charge in [-0.3, -0.25) is 9.59 Å². The molecule has 32 heavy (non-hydrogen) atoms. The highest BCUT2D eigenvalue weighted by Crippen LogP contribution is 2.20. The first-order chi connectivity index (χ1) is 15.5. The van der Waals surface area contributed by atoms with Gasteiger partial charge in [0, 0.05) is 28.4 Å². The second kappa shape index (κ2) is 10.8. The highest BCUT2D eigenvalue weighted by Gasteiger charge is 2.11. The van der Waals surface area contributed by atoms with Crippen LogP contribution in [0.2, 0.25) is 0 Å². The maximum absolute atomic E-state index is 12.7. The summed E-state index contributed by atoms with van der Waals surface area (Å²) in [6, 6.07) is 23.7. The molecular weight excluding hydrogens is 402 g/mol. The van der Waals surface area contributed by atoms with Crippen LogP contribution < -0.4 is 15.4 Å². The first kappa shape index (κ1) is 22.6. The summed E-state index contributed by atoms with van der Waals surface area (Å²) in [5.74, 6) is 0.245. The molecular formula is C26H25N3O3. The number of amides is 2. The van der Waals surface area contributed by atoms with Crippen molar-refractivity contribution in [1.82, 2.24) is 0 Å². The van der Waals surface area contributed by atoms with E-state index in [1.165, 1.54) is 0 Å². The van der Waals surface area contributed by atoms with Crippen LogP contribution in [0.5, 0.6) is 5.75 Å². The largest absolute Gasteiger partial charge is 0.489 e. The molecule has 6 nitrogen and oxygen atoms in total. The number of benzene rings is 3. The zero-order chi connectivity index (χ0) is 22.9. The molecule has 3 aromatic rings. The number of hydrogen-bond acceptors (Lipinski definition) is 4. The van der Waals surface area contributed by atoms with Crippen molar-refractivity contribution in [1.29, 1.82) is 5.26 Å². The average molecular weight is 428 g/mol. The minimum absolute atomic E-state index is 0.0733. The number of rotatable bonds is 8. The molecule has 162 valence electrons. The Morgan fingerprint density at radius 1 is 0.938 bits per heavy atom. The van der Waals surface area contributed by atoms with Gasteiger partial charge in [0.1, 0.15) is 12.4 Å². The molecule has 0 aliphatic heterocycles. The van der Waals surface area contributed by atoms with E-state index in [0.717, 1.165) is 11.1 Å². The first-order valence-electron chi connectivity index (χ1n) is 10.3. The summed E-state index contributed by atoms with van der Waals surface area (Å²) in [5, 5.41) is 14.5. The summed E-state index contributed by atoms with van der Waals surface area (Å²) < 4.78 is 5.85. The lowest BCUT2D eigenvalue weighted by Crippen LogP contribution is -2.18. The summed E-state index contributed by atoms with van der Waals surface area (Å²) in [6.45, 7) is 3.93. The molecule has 0 aliphatic rings. The number of carbonyl (C=O) groups is 2. The van der Waals surface area contributed by atoms with Crippen molar-refractivity contribution in [3.05, 3.63) is 89.5 Å². The van der Waals surface area contributed by atoms with Gasteiger partial charge < -0.3 is 15.4 Å². The van der Waals surface area contributed by atoms with Crippen LogP contribution in [-0.2, 0) is 17.8 Å². The molecule has 0 saturated carbocycles. The second-order valence-electron chi connectivity index (χ2n) is 7.60. The topological polar surface area (TPSA) is 91.2 Å². The summed E-state index contributed by atoms with van der Waals surface area (Å²) >= 11 is 0. The van der Waals surface area contributed by atoms with E-state index in [9.17, 15) is 9.59 Å². The third-order valence-corrected chi connectivity index (χ3v) is 4.81. The molecule has 0 unspecified atom stereocenters. The van der Waals surface area contributed by atoms with Gasteiger partial charge in [-0.05, 0) is 48.0 Å². The molecule has 0 atom stereocenters. The normalized spacial score (nSPS) is 10.3. The SMILES string of the molecule is CC(C)C(=O)Nc1ccc(C(=O)Nc2ccccc2COc2ccc(CC#N)cc2)cc1. The predicted molar refractivity (Wildman–Crippen MR) is 124 cm³/mol. The van der Waals surface area contributed by atoms with Crippen LogP contribution in [-0.4, -0.2) is 11.8 Å². The fourth-order valence-corrected chi connectivity index (χ4v) is 2.91. The van der Waals surface area contributed by atoms with Crippen molar-refractivity contribution in [2.45, 2.75) is 26.9 Å². The van der Waals surface area contributed by atoms with Crippen LogP contribution in [0.1, 0.15) is 35.3 Å². The van der Waals surface area contributed by atoms with Crippen LogP contribution in [0, 0.1) is 17.2 Å². The van der Waals surface area contributed by atoms with Gasteiger partial charge in [0.05, 0.1) is 12.5 Å². The number of hydrogen-bond donors (Lipinski definition) is 2. The Hall–Kier alpha value is -4.11. The zero-order valence-corrected chi connectivity index (χ0v) is 18.1. The zero-order valence-electron chi connectivity index (χ0n) is 18.1.